The number of carbonyl (C=O) groups is 2. The molecule has 0 aliphatic carbocycles. The van der Waals surface area contributed by atoms with Gasteiger partial charge in [-0.2, -0.15) is 5.26 Å². The first-order valence-corrected chi connectivity index (χ1v) is 12.2. The van der Waals surface area contributed by atoms with Crippen LogP contribution in [0.25, 0.3) is 27.6 Å². The van der Waals surface area contributed by atoms with E-state index in [4.69, 9.17) is 4.74 Å². The van der Waals surface area contributed by atoms with Crippen LogP contribution >= 0.6 is 15.9 Å². The van der Waals surface area contributed by atoms with E-state index < -0.39 is 11.9 Å². The third kappa shape index (κ3) is 5.13. The van der Waals surface area contributed by atoms with Crippen LogP contribution in [-0.2, 0) is 4.79 Å². The molecular weight excluding hydrogens is 528 g/mol. The molecule has 0 saturated carbocycles. The Balaban J connectivity index is 1.46. The van der Waals surface area contributed by atoms with Crippen molar-refractivity contribution >= 4 is 61.1 Å². The second-order valence-electron chi connectivity index (χ2n) is 8.25. The summed E-state index contributed by atoms with van der Waals surface area (Å²) in [6.45, 7) is 0. The first-order chi connectivity index (χ1) is 18.0. The van der Waals surface area contributed by atoms with Crippen molar-refractivity contribution in [1.29, 1.82) is 5.26 Å². The Morgan fingerprint density at radius 2 is 1.46 bits per heavy atom. The summed E-state index contributed by atoms with van der Waals surface area (Å²) in [4.78, 5) is 26.2. The Hall–Kier alpha value is -4.73. The minimum atomic E-state index is -0.565. The number of nitrogens with zero attached hydrogens (tertiary/aromatic N) is 1. The minimum absolute atomic E-state index is 0.131. The zero-order chi connectivity index (χ0) is 25.8. The highest BCUT2D eigenvalue weighted by Crippen LogP contribution is 2.29. The van der Waals surface area contributed by atoms with Crippen molar-refractivity contribution in [3.63, 3.8) is 0 Å². The van der Waals surface area contributed by atoms with Gasteiger partial charge in [-0.15, -0.1) is 0 Å². The van der Waals surface area contributed by atoms with Crippen LogP contribution in [0, 0.1) is 11.3 Å². The first-order valence-electron chi connectivity index (χ1n) is 11.4. The third-order valence-corrected chi connectivity index (χ3v) is 6.38. The molecule has 0 atom stereocenters. The maximum atomic E-state index is 13.1. The van der Waals surface area contributed by atoms with Crippen LogP contribution in [0.3, 0.4) is 0 Å². The highest BCUT2D eigenvalue weighted by Gasteiger charge is 2.17. The number of ether oxygens (including phenoxy) is 1. The average molecular weight is 547 g/mol. The molecule has 0 aliphatic rings. The second-order valence-corrected chi connectivity index (χ2v) is 9.16. The van der Waals surface area contributed by atoms with Crippen molar-refractivity contribution in [1.82, 2.24) is 0 Å². The highest BCUT2D eigenvalue weighted by molar-refractivity contribution is 9.10. The molecule has 0 bridgehead atoms. The number of hydrogen-bond donors (Lipinski definition) is 1. The molecule has 5 rings (SSSR count). The van der Waals surface area contributed by atoms with E-state index in [1.807, 2.05) is 72.8 Å². The smallest absolute Gasteiger partial charge is 0.344 e. The Bertz CT molecular complexity index is 1740. The van der Waals surface area contributed by atoms with Crippen LogP contribution in [-0.4, -0.2) is 11.9 Å². The Morgan fingerprint density at radius 3 is 2.22 bits per heavy atom. The summed E-state index contributed by atoms with van der Waals surface area (Å²) < 4.78 is 6.45. The summed E-state index contributed by atoms with van der Waals surface area (Å²) in [5, 5.41) is 16.1. The number of anilines is 1. The molecule has 0 spiro atoms. The number of rotatable bonds is 5. The highest BCUT2D eigenvalue weighted by atomic mass is 79.9. The number of hydrogen-bond acceptors (Lipinski definition) is 4. The Kier molecular flexibility index (Phi) is 6.80. The van der Waals surface area contributed by atoms with Crippen molar-refractivity contribution < 1.29 is 14.3 Å². The van der Waals surface area contributed by atoms with Gasteiger partial charge in [-0.3, -0.25) is 4.79 Å². The summed E-state index contributed by atoms with van der Waals surface area (Å²) in [7, 11) is 0. The van der Waals surface area contributed by atoms with Gasteiger partial charge < -0.3 is 10.1 Å². The molecule has 0 heterocycles. The summed E-state index contributed by atoms with van der Waals surface area (Å²) in [6, 6.07) is 33.2. The lowest BCUT2D eigenvalue weighted by molar-refractivity contribution is -0.112. The van der Waals surface area contributed by atoms with E-state index in [0.29, 0.717) is 21.3 Å². The molecule has 1 N–H and O–H groups in total. The number of carbonyl (C=O) groups excluding carboxylic acids is 2. The number of esters is 1. The van der Waals surface area contributed by atoms with E-state index in [-0.39, 0.29) is 11.3 Å². The number of nitrogens with one attached hydrogen (secondary N) is 1. The maximum absolute atomic E-state index is 13.1. The number of fused-ring (bicyclic) bond motifs is 2. The molecule has 0 unspecified atom stereocenters. The van der Waals surface area contributed by atoms with Gasteiger partial charge in [0.25, 0.3) is 5.91 Å². The van der Waals surface area contributed by atoms with Crippen LogP contribution < -0.4 is 10.1 Å². The topological polar surface area (TPSA) is 79.2 Å². The predicted octanol–water partition coefficient (Wildman–Crippen LogP) is 7.52. The van der Waals surface area contributed by atoms with Crippen LogP contribution in [0.5, 0.6) is 5.75 Å². The molecule has 0 aliphatic heterocycles. The molecule has 0 fully saturated rings. The van der Waals surface area contributed by atoms with Gasteiger partial charge in [0.05, 0.1) is 5.56 Å². The average Bonchev–Trinajstić information content (AvgIpc) is 2.92. The minimum Gasteiger partial charge on any atom is -0.422 e. The van der Waals surface area contributed by atoms with Gasteiger partial charge in [-0.25, -0.2) is 4.79 Å². The molecule has 5 aromatic carbocycles. The van der Waals surface area contributed by atoms with E-state index in [2.05, 4.69) is 21.2 Å². The fourth-order valence-electron chi connectivity index (χ4n) is 4.11. The lowest BCUT2D eigenvalue weighted by Crippen LogP contribution is -2.14. The van der Waals surface area contributed by atoms with Gasteiger partial charge in [0.1, 0.15) is 17.4 Å². The van der Waals surface area contributed by atoms with Gasteiger partial charge in [0.15, 0.2) is 0 Å². The van der Waals surface area contributed by atoms with Crippen molar-refractivity contribution in [2.75, 3.05) is 5.32 Å². The fraction of sp³-hybridized carbons (Fsp3) is 0. The van der Waals surface area contributed by atoms with E-state index in [0.717, 1.165) is 21.5 Å². The molecule has 1 amide bonds. The monoisotopic (exact) mass is 546 g/mol. The molecule has 0 radical (unpaired) electrons. The van der Waals surface area contributed by atoms with Crippen LogP contribution in [0.4, 0.5) is 5.69 Å². The predicted molar refractivity (Wildman–Crippen MR) is 149 cm³/mol. The van der Waals surface area contributed by atoms with E-state index in [1.54, 1.807) is 36.4 Å². The molecule has 6 heteroatoms. The molecular formula is C31H19BrN2O3. The van der Waals surface area contributed by atoms with E-state index in [9.17, 15) is 14.9 Å². The summed E-state index contributed by atoms with van der Waals surface area (Å²) in [6.07, 6.45) is 1.41. The normalized spacial score (nSPS) is 11.2. The Morgan fingerprint density at radius 1 is 0.811 bits per heavy atom. The molecule has 37 heavy (non-hydrogen) atoms. The van der Waals surface area contributed by atoms with Gasteiger partial charge >= 0.3 is 5.97 Å². The second kappa shape index (κ2) is 10.5. The van der Waals surface area contributed by atoms with E-state index in [1.165, 1.54) is 6.08 Å². The third-order valence-electron chi connectivity index (χ3n) is 5.89. The quantitative estimate of drug-likeness (QED) is 0.107. The maximum Gasteiger partial charge on any atom is 0.344 e. The standard InChI is InChI=1S/C31H19BrN2O3/c32-24-15-16-29(37-31(36)27-13-5-9-20-7-1-3-11-25(20)27)22(18-24)17-23(19-33)30(35)34-28-14-6-10-21-8-2-4-12-26(21)28/h1-18H,(H,34,35)/b23-17+. The number of benzene rings is 5. The Labute approximate surface area is 221 Å². The van der Waals surface area contributed by atoms with Gasteiger partial charge in [0, 0.05) is 21.1 Å². The van der Waals surface area contributed by atoms with Crippen LogP contribution in [0.15, 0.2) is 113 Å². The zero-order valence-electron chi connectivity index (χ0n) is 19.4. The first kappa shape index (κ1) is 24.0. The van der Waals surface area contributed by atoms with Crippen LogP contribution in [0.2, 0.25) is 0 Å². The lowest BCUT2D eigenvalue weighted by Gasteiger charge is -2.11. The SMILES string of the molecule is N#C/C(=C\c1cc(Br)ccc1OC(=O)c1cccc2ccccc12)C(=O)Nc1cccc2ccccc12. The van der Waals surface area contributed by atoms with Gasteiger partial charge in [-0.1, -0.05) is 88.7 Å². The van der Waals surface area contributed by atoms with Crippen molar-refractivity contribution in [3.8, 4) is 11.8 Å². The molecule has 5 aromatic rings. The molecule has 0 saturated heterocycles. The molecule has 5 nitrogen and oxygen atoms in total. The van der Waals surface area contributed by atoms with Crippen molar-refractivity contribution in [2.45, 2.75) is 0 Å². The number of halogens is 1. The summed E-state index contributed by atoms with van der Waals surface area (Å²) in [5.41, 5.74) is 1.30. The zero-order valence-corrected chi connectivity index (χ0v) is 21.0. The van der Waals surface area contributed by atoms with E-state index >= 15 is 0 Å². The summed E-state index contributed by atoms with van der Waals surface area (Å²) in [5.74, 6) is -0.871. The molecule has 0 aromatic heterocycles. The number of nitriles is 1. The van der Waals surface area contributed by atoms with Gasteiger partial charge in [0.2, 0.25) is 0 Å². The van der Waals surface area contributed by atoms with Crippen molar-refractivity contribution in [2.24, 2.45) is 0 Å². The van der Waals surface area contributed by atoms with Gasteiger partial charge in [-0.05, 0) is 52.6 Å². The van der Waals surface area contributed by atoms with Crippen molar-refractivity contribution in [3.05, 3.63) is 124 Å². The fourth-order valence-corrected chi connectivity index (χ4v) is 4.49. The lowest BCUT2D eigenvalue weighted by atomic mass is 10.0. The molecule has 178 valence electrons. The largest absolute Gasteiger partial charge is 0.422 e. The number of amides is 1. The summed E-state index contributed by atoms with van der Waals surface area (Å²) >= 11 is 3.42. The van der Waals surface area contributed by atoms with Crippen LogP contribution in [0.1, 0.15) is 15.9 Å².